The zero-order chi connectivity index (χ0) is 12.6. The second-order valence-corrected chi connectivity index (χ2v) is 4.52. The maximum absolute atomic E-state index is 11.3. The maximum atomic E-state index is 11.3. The summed E-state index contributed by atoms with van der Waals surface area (Å²) in [5.41, 5.74) is 2.18. The van der Waals surface area contributed by atoms with Crippen molar-refractivity contribution in [2.24, 2.45) is 7.05 Å². The smallest absolute Gasteiger partial charge is 0.408 e. The summed E-state index contributed by atoms with van der Waals surface area (Å²) < 4.78 is 6.52. The third-order valence-electron chi connectivity index (χ3n) is 2.58. The van der Waals surface area contributed by atoms with Crippen LogP contribution in [-0.2, 0) is 13.6 Å². The van der Waals surface area contributed by atoms with Crippen molar-refractivity contribution in [2.45, 2.75) is 6.54 Å². The zero-order valence-electron chi connectivity index (χ0n) is 9.44. The highest BCUT2D eigenvalue weighted by Gasteiger charge is 2.09. The first-order chi connectivity index (χ1) is 7.99. The van der Waals surface area contributed by atoms with Crippen molar-refractivity contribution in [2.75, 3.05) is 7.05 Å². The Kier molecular flexibility index (Phi) is 3.06. The topological polar surface area (TPSA) is 55.5 Å². The van der Waals surface area contributed by atoms with E-state index in [0.717, 1.165) is 11.1 Å². The Morgan fingerprint density at radius 2 is 2.24 bits per heavy atom. The number of carbonyl (C=O) groups is 1. The monoisotopic (exact) mass is 298 g/mol. The molecule has 0 unspecified atom stereocenters. The Labute approximate surface area is 106 Å². The van der Waals surface area contributed by atoms with Crippen molar-refractivity contribution in [3.63, 3.8) is 0 Å². The summed E-state index contributed by atoms with van der Waals surface area (Å²) in [5.74, 6) is -0.387. The molecule has 2 aromatic rings. The number of hydrogen-bond acceptors (Lipinski definition) is 3. The first kappa shape index (κ1) is 11.9. The molecule has 2 rings (SSSR count). The highest BCUT2D eigenvalue weighted by atomic mass is 79.9. The molecule has 0 saturated heterocycles. The molecule has 1 aromatic heterocycles. The lowest BCUT2D eigenvalue weighted by atomic mass is 10.2. The molecule has 0 N–H and O–H groups in total. The van der Waals surface area contributed by atoms with Crippen LogP contribution in [0.3, 0.4) is 0 Å². The lowest BCUT2D eigenvalue weighted by Gasteiger charge is -2.13. The van der Waals surface area contributed by atoms with Crippen LogP contribution in [-0.4, -0.2) is 21.3 Å². The molecule has 1 aromatic carbocycles. The van der Waals surface area contributed by atoms with Crippen LogP contribution in [0.1, 0.15) is 5.56 Å². The van der Waals surface area contributed by atoms with Crippen molar-refractivity contribution in [1.29, 1.82) is 0 Å². The van der Waals surface area contributed by atoms with Gasteiger partial charge in [-0.2, -0.15) is 0 Å². The summed E-state index contributed by atoms with van der Waals surface area (Å²) in [6.45, 7) is 0.457. The van der Waals surface area contributed by atoms with E-state index in [-0.39, 0.29) is 10.6 Å². The summed E-state index contributed by atoms with van der Waals surface area (Å²) >= 11 is 2.87. The molecule has 1 amide bonds. The molecule has 0 aliphatic heterocycles. The molecular weight excluding hydrogens is 288 g/mol. The fourth-order valence-corrected chi connectivity index (χ4v) is 1.74. The van der Waals surface area contributed by atoms with Gasteiger partial charge in [0.1, 0.15) is 0 Å². The van der Waals surface area contributed by atoms with Gasteiger partial charge >= 0.3 is 5.76 Å². The van der Waals surface area contributed by atoms with Gasteiger partial charge in [-0.15, -0.1) is 0 Å². The molecule has 17 heavy (non-hydrogen) atoms. The van der Waals surface area contributed by atoms with Gasteiger partial charge in [0.2, 0.25) is 0 Å². The van der Waals surface area contributed by atoms with Crippen LogP contribution in [0.25, 0.3) is 11.1 Å². The van der Waals surface area contributed by atoms with E-state index in [1.54, 1.807) is 20.2 Å². The van der Waals surface area contributed by atoms with E-state index in [1.165, 1.54) is 9.47 Å². The number of amides is 1. The maximum Gasteiger partial charge on any atom is 0.419 e. The minimum absolute atomic E-state index is 0.188. The van der Waals surface area contributed by atoms with Crippen molar-refractivity contribution < 1.29 is 9.21 Å². The van der Waals surface area contributed by atoms with Crippen LogP contribution in [0.5, 0.6) is 0 Å². The summed E-state index contributed by atoms with van der Waals surface area (Å²) in [6, 6.07) is 5.44. The second-order valence-electron chi connectivity index (χ2n) is 3.84. The van der Waals surface area contributed by atoms with Crippen LogP contribution >= 0.6 is 15.9 Å². The van der Waals surface area contributed by atoms with E-state index in [4.69, 9.17) is 4.42 Å². The number of benzene rings is 1. The number of aromatic nitrogens is 1. The average molecular weight is 299 g/mol. The molecule has 0 bridgehead atoms. The Hall–Kier alpha value is -1.56. The number of carbonyl (C=O) groups excluding carboxylic acids is 1. The third kappa shape index (κ3) is 2.26. The SMILES string of the molecule is CN(Cc1ccc2c(c1)oc(=O)n2C)C(=O)Br. The largest absolute Gasteiger partial charge is 0.419 e. The van der Waals surface area contributed by atoms with Crippen LogP contribution in [0.2, 0.25) is 0 Å². The van der Waals surface area contributed by atoms with Crippen LogP contribution in [0.15, 0.2) is 27.4 Å². The van der Waals surface area contributed by atoms with E-state index in [2.05, 4.69) is 15.9 Å². The normalized spacial score (nSPS) is 10.8. The lowest BCUT2D eigenvalue weighted by molar-refractivity contribution is 0.233. The number of rotatable bonds is 2. The summed E-state index contributed by atoms with van der Waals surface area (Å²) in [7, 11) is 3.34. The molecule has 6 heteroatoms. The van der Waals surface area contributed by atoms with E-state index in [9.17, 15) is 9.59 Å². The fraction of sp³-hybridized carbons (Fsp3) is 0.273. The van der Waals surface area contributed by atoms with E-state index < -0.39 is 0 Å². The molecule has 0 fully saturated rings. The van der Waals surface area contributed by atoms with Gasteiger partial charge in [-0.05, 0) is 17.7 Å². The minimum atomic E-state index is -0.387. The van der Waals surface area contributed by atoms with Crippen LogP contribution < -0.4 is 5.76 Å². The van der Waals surface area contributed by atoms with Crippen molar-refractivity contribution in [1.82, 2.24) is 9.47 Å². The van der Waals surface area contributed by atoms with Crippen molar-refractivity contribution in [3.8, 4) is 0 Å². The molecular formula is C11H11BrN2O3. The van der Waals surface area contributed by atoms with Gasteiger partial charge in [0.15, 0.2) is 5.58 Å². The molecule has 0 aliphatic carbocycles. The van der Waals surface area contributed by atoms with Gasteiger partial charge in [0, 0.05) is 36.6 Å². The van der Waals surface area contributed by atoms with Gasteiger partial charge in [0.05, 0.1) is 5.52 Å². The number of halogens is 1. The van der Waals surface area contributed by atoms with Crippen LogP contribution in [0, 0.1) is 0 Å². The Balaban J connectivity index is 2.38. The number of fused-ring (bicyclic) bond motifs is 1. The van der Waals surface area contributed by atoms with Crippen LogP contribution in [0.4, 0.5) is 4.79 Å². The second kappa shape index (κ2) is 4.37. The fourth-order valence-electron chi connectivity index (χ4n) is 1.61. The molecule has 0 radical (unpaired) electrons. The van der Waals surface area contributed by atoms with Gasteiger partial charge in [-0.3, -0.25) is 9.36 Å². The van der Waals surface area contributed by atoms with Gasteiger partial charge in [0.25, 0.3) is 4.82 Å². The number of oxazole rings is 1. The molecule has 0 aliphatic rings. The van der Waals surface area contributed by atoms with E-state index in [0.29, 0.717) is 12.1 Å². The highest BCUT2D eigenvalue weighted by molar-refractivity contribution is 9.18. The predicted molar refractivity (Wildman–Crippen MR) is 67.2 cm³/mol. The van der Waals surface area contributed by atoms with E-state index >= 15 is 0 Å². The third-order valence-corrected chi connectivity index (χ3v) is 3.18. The van der Waals surface area contributed by atoms with Gasteiger partial charge < -0.3 is 9.32 Å². The standard InChI is InChI=1S/C11H11BrN2O3/c1-13(10(12)15)6-7-3-4-8-9(5-7)17-11(16)14(8)2/h3-5H,6H2,1-2H3. The minimum Gasteiger partial charge on any atom is -0.408 e. The zero-order valence-corrected chi connectivity index (χ0v) is 11.0. The van der Waals surface area contributed by atoms with Gasteiger partial charge in [-0.25, -0.2) is 4.79 Å². The Bertz CT molecular complexity index is 629. The first-order valence-corrected chi connectivity index (χ1v) is 5.77. The van der Waals surface area contributed by atoms with Crippen molar-refractivity contribution >= 4 is 31.8 Å². The quantitative estimate of drug-likeness (QED) is 0.630. The Morgan fingerprint density at radius 3 is 2.88 bits per heavy atom. The molecule has 1 heterocycles. The van der Waals surface area contributed by atoms with Gasteiger partial charge in [-0.1, -0.05) is 6.07 Å². The lowest BCUT2D eigenvalue weighted by Crippen LogP contribution is -2.19. The Morgan fingerprint density at radius 1 is 1.53 bits per heavy atom. The summed E-state index contributed by atoms with van der Waals surface area (Å²) in [6.07, 6.45) is 0. The van der Waals surface area contributed by atoms with Crippen molar-refractivity contribution in [3.05, 3.63) is 34.3 Å². The highest BCUT2D eigenvalue weighted by Crippen LogP contribution is 2.15. The molecule has 0 atom stereocenters. The molecule has 5 nitrogen and oxygen atoms in total. The first-order valence-electron chi connectivity index (χ1n) is 4.98. The number of nitrogens with zero attached hydrogens (tertiary/aromatic N) is 2. The molecule has 0 spiro atoms. The number of aryl methyl sites for hydroxylation is 1. The number of hydrogen-bond donors (Lipinski definition) is 0. The predicted octanol–water partition coefficient (Wildman–Crippen LogP) is 2.08. The van der Waals surface area contributed by atoms with E-state index in [1.807, 2.05) is 12.1 Å². The molecule has 0 saturated carbocycles. The summed E-state index contributed by atoms with van der Waals surface area (Å²) in [5, 5.41) is 0. The average Bonchev–Trinajstić information content (AvgIpc) is 2.54. The molecule has 90 valence electrons. The summed E-state index contributed by atoms with van der Waals surface area (Å²) in [4.78, 5) is 23.7.